The van der Waals surface area contributed by atoms with Gasteiger partial charge in [-0.3, -0.25) is 4.72 Å². The van der Waals surface area contributed by atoms with Crippen molar-refractivity contribution in [3.63, 3.8) is 0 Å². The second-order valence-corrected chi connectivity index (χ2v) is 8.26. The van der Waals surface area contributed by atoms with Crippen LogP contribution in [0.1, 0.15) is 13.8 Å². The van der Waals surface area contributed by atoms with Crippen molar-refractivity contribution in [1.82, 2.24) is 19.4 Å². The maximum atomic E-state index is 12.8. The quantitative estimate of drug-likeness (QED) is 0.779. The van der Waals surface area contributed by atoms with E-state index in [1.807, 2.05) is 19.9 Å². The summed E-state index contributed by atoms with van der Waals surface area (Å²) in [6, 6.07) is 7.06. The van der Waals surface area contributed by atoms with Crippen molar-refractivity contribution in [3.05, 3.63) is 36.7 Å². The minimum Gasteiger partial charge on any atom is -0.476 e. The minimum absolute atomic E-state index is 0.0298. The first-order chi connectivity index (χ1) is 11.4. The maximum absolute atomic E-state index is 12.8. The molecule has 0 aromatic carbocycles. The fourth-order valence-corrected chi connectivity index (χ4v) is 3.85. The summed E-state index contributed by atoms with van der Waals surface area (Å²) in [4.78, 5) is 0.0298. The zero-order valence-corrected chi connectivity index (χ0v) is 14.1. The summed E-state index contributed by atoms with van der Waals surface area (Å²) in [5.74, 6) is 0.628. The molecule has 0 saturated carbocycles. The fraction of sp³-hybridized carbons (Fsp3) is 0.333. The molecule has 0 unspecified atom stereocenters. The van der Waals surface area contributed by atoms with E-state index in [4.69, 9.17) is 4.74 Å². The average molecular weight is 347 g/mol. The van der Waals surface area contributed by atoms with Gasteiger partial charge in [-0.05, 0) is 18.2 Å². The highest BCUT2D eigenvalue weighted by Gasteiger charge is 2.33. The molecule has 126 valence electrons. The first-order valence-electron chi connectivity index (χ1n) is 7.50. The summed E-state index contributed by atoms with van der Waals surface area (Å²) < 4.78 is 36.9. The molecule has 4 rings (SSSR count). The van der Waals surface area contributed by atoms with E-state index in [1.54, 1.807) is 29.1 Å². The Bertz CT molecular complexity index is 1020. The molecule has 0 amide bonds. The standard InChI is InChI=1S/C15H17N5O3S/c1-15(2)9-19-14(23-10-15)12(8-17-19)24(21,22)18-13-5-3-4-11-6-7-16-20(11)13/h3-8,18H,9-10H2,1-2H3. The van der Waals surface area contributed by atoms with Gasteiger partial charge in [-0.25, -0.2) is 17.6 Å². The molecule has 9 heteroatoms. The van der Waals surface area contributed by atoms with Gasteiger partial charge in [0.1, 0.15) is 5.82 Å². The topological polar surface area (TPSA) is 90.5 Å². The van der Waals surface area contributed by atoms with Gasteiger partial charge in [-0.2, -0.15) is 10.2 Å². The molecule has 1 N–H and O–H groups in total. The Morgan fingerprint density at radius 3 is 2.92 bits per heavy atom. The number of pyridine rings is 1. The van der Waals surface area contributed by atoms with Crippen LogP contribution in [0.4, 0.5) is 5.82 Å². The second-order valence-electron chi connectivity index (χ2n) is 6.61. The van der Waals surface area contributed by atoms with E-state index in [2.05, 4.69) is 14.9 Å². The fourth-order valence-electron chi connectivity index (χ4n) is 2.73. The van der Waals surface area contributed by atoms with E-state index in [0.717, 1.165) is 5.52 Å². The molecule has 0 radical (unpaired) electrons. The van der Waals surface area contributed by atoms with Crippen LogP contribution in [-0.4, -0.2) is 34.4 Å². The molecule has 0 bridgehead atoms. The third kappa shape index (κ3) is 2.41. The zero-order valence-electron chi connectivity index (χ0n) is 13.3. The van der Waals surface area contributed by atoms with Crippen LogP contribution >= 0.6 is 0 Å². The Kier molecular flexibility index (Phi) is 3.11. The number of anilines is 1. The normalized spacial score (nSPS) is 16.6. The van der Waals surface area contributed by atoms with Crippen LogP contribution in [0, 0.1) is 5.41 Å². The van der Waals surface area contributed by atoms with Gasteiger partial charge in [-0.1, -0.05) is 19.9 Å². The van der Waals surface area contributed by atoms with Crippen LogP contribution in [0.25, 0.3) is 5.52 Å². The molecule has 0 saturated heterocycles. The molecule has 4 heterocycles. The Balaban J connectivity index is 1.72. The molecule has 3 aromatic heterocycles. The Labute approximate surface area is 139 Å². The van der Waals surface area contributed by atoms with Crippen molar-refractivity contribution >= 4 is 21.4 Å². The summed E-state index contributed by atoms with van der Waals surface area (Å²) in [7, 11) is -3.84. The van der Waals surface area contributed by atoms with Crippen molar-refractivity contribution in [3.8, 4) is 5.88 Å². The molecular formula is C15H17N5O3S. The highest BCUT2D eigenvalue weighted by atomic mass is 32.2. The molecule has 1 aliphatic heterocycles. The molecule has 1 aliphatic rings. The van der Waals surface area contributed by atoms with Crippen molar-refractivity contribution in [2.45, 2.75) is 25.3 Å². The summed E-state index contributed by atoms with van der Waals surface area (Å²) in [6.45, 7) is 5.13. The summed E-state index contributed by atoms with van der Waals surface area (Å²) in [5, 5.41) is 8.29. The smallest absolute Gasteiger partial charge is 0.270 e. The first-order valence-corrected chi connectivity index (χ1v) is 8.98. The van der Waals surface area contributed by atoms with Gasteiger partial charge in [0.25, 0.3) is 10.0 Å². The van der Waals surface area contributed by atoms with Gasteiger partial charge >= 0.3 is 0 Å². The Morgan fingerprint density at radius 1 is 1.25 bits per heavy atom. The largest absolute Gasteiger partial charge is 0.476 e. The molecule has 24 heavy (non-hydrogen) atoms. The monoisotopic (exact) mass is 347 g/mol. The highest BCUT2D eigenvalue weighted by molar-refractivity contribution is 7.92. The van der Waals surface area contributed by atoms with Crippen LogP contribution < -0.4 is 9.46 Å². The van der Waals surface area contributed by atoms with Crippen LogP contribution in [0.15, 0.2) is 41.6 Å². The second kappa shape index (κ2) is 4.97. The van der Waals surface area contributed by atoms with Crippen molar-refractivity contribution in [1.29, 1.82) is 0 Å². The number of rotatable bonds is 3. The molecule has 0 aliphatic carbocycles. The van der Waals surface area contributed by atoms with E-state index < -0.39 is 10.0 Å². The lowest BCUT2D eigenvalue weighted by atomic mass is 9.94. The number of ether oxygens (including phenoxy) is 1. The SMILES string of the molecule is CC1(C)COc2c(S(=O)(=O)Nc3cccc4ccnn34)cnn2C1. The lowest BCUT2D eigenvalue weighted by molar-refractivity contribution is 0.0971. The van der Waals surface area contributed by atoms with Gasteiger partial charge in [0, 0.05) is 5.41 Å². The molecule has 8 nitrogen and oxygen atoms in total. The van der Waals surface area contributed by atoms with Crippen LogP contribution in [0.2, 0.25) is 0 Å². The highest BCUT2D eigenvalue weighted by Crippen LogP contribution is 2.33. The minimum atomic E-state index is -3.84. The van der Waals surface area contributed by atoms with Crippen LogP contribution in [-0.2, 0) is 16.6 Å². The molecule has 0 fully saturated rings. The number of hydrogen-bond acceptors (Lipinski definition) is 5. The molecule has 0 atom stereocenters. The summed E-state index contributed by atoms with van der Waals surface area (Å²) >= 11 is 0. The van der Waals surface area contributed by atoms with Gasteiger partial charge in [0.15, 0.2) is 4.90 Å². The Hall–Kier alpha value is -2.55. The van der Waals surface area contributed by atoms with Gasteiger partial charge < -0.3 is 4.74 Å². The van der Waals surface area contributed by atoms with E-state index in [1.165, 1.54) is 10.7 Å². The van der Waals surface area contributed by atoms with Gasteiger partial charge in [-0.15, -0.1) is 0 Å². The number of sulfonamides is 1. The molecule has 0 spiro atoms. The van der Waals surface area contributed by atoms with E-state index in [9.17, 15) is 8.42 Å². The number of fused-ring (bicyclic) bond motifs is 2. The zero-order chi connectivity index (χ0) is 16.9. The number of nitrogens with zero attached hydrogens (tertiary/aromatic N) is 4. The lowest BCUT2D eigenvalue weighted by Gasteiger charge is -2.30. The summed E-state index contributed by atoms with van der Waals surface area (Å²) in [5.41, 5.74) is 0.707. The Morgan fingerprint density at radius 2 is 2.08 bits per heavy atom. The first kappa shape index (κ1) is 15.0. The lowest BCUT2D eigenvalue weighted by Crippen LogP contribution is -2.33. The third-order valence-corrected chi connectivity index (χ3v) is 5.22. The van der Waals surface area contributed by atoms with Crippen LogP contribution in [0.5, 0.6) is 5.88 Å². The van der Waals surface area contributed by atoms with Gasteiger partial charge in [0.05, 0.1) is 31.1 Å². The number of nitrogens with one attached hydrogen (secondary N) is 1. The van der Waals surface area contributed by atoms with Crippen molar-refractivity contribution < 1.29 is 13.2 Å². The maximum Gasteiger partial charge on any atom is 0.270 e. The average Bonchev–Trinajstić information content (AvgIpc) is 3.12. The van der Waals surface area contributed by atoms with Gasteiger partial charge in [0.2, 0.25) is 5.88 Å². The molecule has 3 aromatic rings. The predicted molar refractivity (Wildman–Crippen MR) is 87.5 cm³/mol. The number of aromatic nitrogens is 4. The van der Waals surface area contributed by atoms with Crippen LogP contribution in [0.3, 0.4) is 0 Å². The molecular weight excluding hydrogens is 330 g/mol. The number of hydrogen-bond donors (Lipinski definition) is 1. The van der Waals surface area contributed by atoms with E-state index >= 15 is 0 Å². The van der Waals surface area contributed by atoms with E-state index in [0.29, 0.717) is 19.0 Å². The van der Waals surface area contributed by atoms with E-state index in [-0.39, 0.29) is 16.2 Å². The third-order valence-electron chi connectivity index (χ3n) is 3.89. The van der Waals surface area contributed by atoms with Crippen molar-refractivity contribution in [2.75, 3.05) is 11.3 Å². The van der Waals surface area contributed by atoms with Crippen molar-refractivity contribution in [2.24, 2.45) is 5.41 Å². The predicted octanol–water partition coefficient (Wildman–Crippen LogP) is 1.75. The summed E-state index contributed by atoms with van der Waals surface area (Å²) in [6.07, 6.45) is 2.93.